The number of H-pyrrole nitrogens is 1. The van der Waals surface area contributed by atoms with Gasteiger partial charge in [0, 0.05) is 45.0 Å². The molecular weight excluding hydrogens is 480 g/mol. The fourth-order valence-electron chi connectivity index (χ4n) is 7.23. The van der Waals surface area contributed by atoms with Crippen molar-refractivity contribution in [3.63, 3.8) is 0 Å². The summed E-state index contributed by atoms with van der Waals surface area (Å²) in [6, 6.07) is 7.87. The number of nitrogens with zero attached hydrogens (tertiary/aromatic N) is 4. The zero-order valence-electron chi connectivity index (χ0n) is 22.3. The van der Waals surface area contributed by atoms with E-state index in [4.69, 9.17) is 0 Å². The molecule has 1 spiro atoms. The van der Waals surface area contributed by atoms with Crippen LogP contribution in [0.1, 0.15) is 61.9 Å². The van der Waals surface area contributed by atoms with Crippen LogP contribution >= 0.6 is 0 Å². The second-order valence-electron chi connectivity index (χ2n) is 12.0. The Labute approximate surface area is 223 Å². The van der Waals surface area contributed by atoms with E-state index in [2.05, 4.69) is 39.0 Å². The second kappa shape index (κ2) is 9.54. The van der Waals surface area contributed by atoms with E-state index in [9.17, 15) is 15.0 Å². The number of carbonyl (C=O) groups excluding carboxylic acids is 1. The van der Waals surface area contributed by atoms with Crippen molar-refractivity contribution >= 4 is 22.8 Å². The van der Waals surface area contributed by atoms with Crippen molar-refractivity contribution in [1.29, 1.82) is 0 Å². The zero-order valence-corrected chi connectivity index (χ0v) is 22.3. The fraction of sp³-hybridized carbons (Fsp3) is 0.552. The Morgan fingerprint density at radius 3 is 2.76 bits per heavy atom. The molecule has 2 atom stereocenters. The number of nitrogens with one attached hydrogen (secondary N) is 2. The molecule has 9 heteroatoms. The van der Waals surface area contributed by atoms with Gasteiger partial charge in [-0.25, -0.2) is 9.97 Å². The van der Waals surface area contributed by atoms with Crippen LogP contribution < -0.4 is 10.2 Å². The number of aromatic hydroxyl groups is 1. The predicted octanol–water partition coefficient (Wildman–Crippen LogP) is 3.44. The van der Waals surface area contributed by atoms with Gasteiger partial charge < -0.3 is 25.4 Å². The van der Waals surface area contributed by atoms with Crippen molar-refractivity contribution in [3.05, 3.63) is 47.9 Å². The van der Waals surface area contributed by atoms with Gasteiger partial charge in [-0.2, -0.15) is 0 Å². The summed E-state index contributed by atoms with van der Waals surface area (Å²) < 4.78 is 0. The normalized spacial score (nSPS) is 24.9. The third-order valence-electron chi connectivity index (χ3n) is 8.98. The Balaban J connectivity index is 1.08. The third kappa shape index (κ3) is 4.41. The average molecular weight is 519 g/mol. The summed E-state index contributed by atoms with van der Waals surface area (Å²) in [5.74, 6) is 0.979. The van der Waals surface area contributed by atoms with Crippen LogP contribution in [0.5, 0.6) is 5.75 Å². The molecule has 0 unspecified atom stereocenters. The minimum absolute atomic E-state index is 0.0203. The average Bonchev–Trinajstić information content (AvgIpc) is 3.32. The number of carbonyl (C=O) groups is 1. The van der Waals surface area contributed by atoms with Gasteiger partial charge in [0.05, 0.1) is 16.6 Å². The second-order valence-corrected chi connectivity index (χ2v) is 12.0. The molecule has 1 amide bonds. The predicted molar refractivity (Wildman–Crippen MR) is 146 cm³/mol. The van der Waals surface area contributed by atoms with Crippen molar-refractivity contribution < 1.29 is 15.0 Å². The Kier molecular flexibility index (Phi) is 6.31. The van der Waals surface area contributed by atoms with E-state index in [1.807, 2.05) is 23.2 Å². The maximum atomic E-state index is 13.0. The highest BCUT2D eigenvalue weighted by Gasteiger charge is 2.56. The topological polar surface area (TPSA) is 118 Å². The first-order chi connectivity index (χ1) is 18.3. The highest BCUT2D eigenvalue weighted by atomic mass is 16.3. The zero-order chi connectivity index (χ0) is 26.5. The Morgan fingerprint density at radius 1 is 1.18 bits per heavy atom. The molecule has 38 heavy (non-hydrogen) atoms. The van der Waals surface area contributed by atoms with Crippen LogP contribution in [0.3, 0.4) is 0 Å². The van der Waals surface area contributed by atoms with Crippen LogP contribution in [0.25, 0.3) is 11.0 Å². The van der Waals surface area contributed by atoms with Crippen molar-refractivity contribution in [3.8, 4) is 5.75 Å². The molecule has 0 radical (unpaired) electrons. The minimum Gasteiger partial charge on any atom is -0.507 e. The Hall–Kier alpha value is -3.17. The summed E-state index contributed by atoms with van der Waals surface area (Å²) >= 11 is 0. The molecule has 4 heterocycles. The van der Waals surface area contributed by atoms with Gasteiger partial charge in [0.2, 0.25) is 0 Å². The number of likely N-dealkylation sites (tertiary alicyclic amines) is 1. The van der Waals surface area contributed by atoms with E-state index >= 15 is 0 Å². The maximum Gasteiger partial charge on any atom is 0.255 e. The molecule has 0 bridgehead atoms. The summed E-state index contributed by atoms with van der Waals surface area (Å²) in [6.45, 7) is 7.73. The molecule has 3 aliphatic rings. The van der Waals surface area contributed by atoms with Crippen LogP contribution in [-0.2, 0) is 6.54 Å². The lowest BCUT2D eigenvalue weighted by atomic mass is 9.55. The van der Waals surface area contributed by atoms with E-state index < -0.39 is 5.60 Å². The van der Waals surface area contributed by atoms with Gasteiger partial charge in [0.15, 0.2) is 0 Å². The number of aliphatic hydroxyl groups is 1. The molecule has 1 aliphatic carbocycles. The summed E-state index contributed by atoms with van der Waals surface area (Å²) in [5, 5.41) is 25.8. The quantitative estimate of drug-likeness (QED) is 0.379. The molecule has 1 saturated carbocycles. The van der Waals surface area contributed by atoms with Crippen molar-refractivity contribution in [2.24, 2.45) is 11.3 Å². The van der Waals surface area contributed by atoms with Gasteiger partial charge >= 0.3 is 0 Å². The number of aromatic amines is 1. The van der Waals surface area contributed by atoms with Crippen LogP contribution in [0, 0.1) is 11.3 Å². The Morgan fingerprint density at radius 2 is 2.03 bits per heavy atom. The lowest BCUT2D eigenvalue weighted by molar-refractivity contribution is -0.149. The summed E-state index contributed by atoms with van der Waals surface area (Å²) in [7, 11) is 0. The number of phenols is 1. The molecule has 6 rings (SSSR count). The smallest absolute Gasteiger partial charge is 0.255 e. The van der Waals surface area contributed by atoms with Gasteiger partial charge in [0.1, 0.15) is 23.5 Å². The number of fused-ring (bicyclic) bond motifs is 1. The number of rotatable bonds is 7. The van der Waals surface area contributed by atoms with Crippen LogP contribution in [0.15, 0.2) is 36.8 Å². The number of anilines is 1. The number of phenolic OH excluding ortho intramolecular Hbond substituents is 1. The number of β-amino-alcohol motifs (C(OH)–C–C–N with tert-alkyl or cyclic N) is 1. The number of piperidine rings is 1. The number of amides is 1. The molecule has 9 nitrogen and oxygen atoms in total. The monoisotopic (exact) mass is 518 g/mol. The molecule has 2 aromatic heterocycles. The van der Waals surface area contributed by atoms with E-state index in [1.54, 1.807) is 12.1 Å². The molecule has 4 N–H and O–H groups in total. The first-order valence-corrected chi connectivity index (χ1v) is 13.9. The van der Waals surface area contributed by atoms with Crippen molar-refractivity contribution in [1.82, 2.24) is 25.2 Å². The molecule has 3 fully saturated rings. The Bertz CT molecular complexity index is 1330. The summed E-state index contributed by atoms with van der Waals surface area (Å²) in [4.78, 5) is 29.3. The number of benzene rings is 1. The van der Waals surface area contributed by atoms with Crippen LogP contribution in [0.4, 0.5) is 5.82 Å². The summed E-state index contributed by atoms with van der Waals surface area (Å²) in [6.07, 6.45) is 8.70. The standard InChI is InChI=1S/C29H38N6O3/c1-19(2)24-28(8-3-9-28)16-35(24)14-20-5-6-21(23(36)13-20)27(37)31-15-29(38)10-4-12-34(17-29)26-22-7-11-30-25(22)32-18-33-26/h5-7,11,13,18-19,24,36,38H,3-4,8-10,12,14-17H2,1-2H3,(H,31,37)(H,30,32,33)/t24-,29+/m0/s1. The highest BCUT2D eigenvalue weighted by molar-refractivity contribution is 5.97. The lowest BCUT2D eigenvalue weighted by Crippen LogP contribution is -2.68. The molecule has 3 aromatic rings. The molecule has 1 aromatic carbocycles. The lowest BCUT2D eigenvalue weighted by Gasteiger charge is -2.64. The maximum absolute atomic E-state index is 13.0. The van der Waals surface area contributed by atoms with Crippen molar-refractivity contribution in [2.45, 2.75) is 64.1 Å². The number of hydrogen-bond acceptors (Lipinski definition) is 7. The highest BCUT2D eigenvalue weighted by Crippen LogP contribution is 2.55. The van der Waals surface area contributed by atoms with Gasteiger partial charge in [-0.05, 0) is 60.8 Å². The number of aromatic nitrogens is 3. The SMILES string of the molecule is CC(C)[C@@H]1N(Cc2ccc(C(=O)NC[C@]3(O)CCCN(c4ncnc5[nH]ccc45)C3)c(O)c2)CC12CCC2. The van der Waals surface area contributed by atoms with Gasteiger partial charge in [-0.1, -0.05) is 26.3 Å². The first kappa shape index (κ1) is 25.1. The van der Waals surface area contributed by atoms with Crippen LogP contribution in [0.2, 0.25) is 0 Å². The minimum atomic E-state index is -1.10. The van der Waals surface area contributed by atoms with Gasteiger partial charge in [-0.15, -0.1) is 0 Å². The van der Waals surface area contributed by atoms with E-state index in [0.717, 1.165) is 48.5 Å². The largest absolute Gasteiger partial charge is 0.507 e. The molecule has 2 saturated heterocycles. The first-order valence-electron chi connectivity index (χ1n) is 13.9. The fourth-order valence-corrected chi connectivity index (χ4v) is 7.23. The van der Waals surface area contributed by atoms with Crippen LogP contribution in [-0.4, -0.2) is 73.8 Å². The van der Waals surface area contributed by atoms with E-state index in [1.165, 1.54) is 25.6 Å². The van der Waals surface area contributed by atoms with E-state index in [-0.39, 0.29) is 23.8 Å². The molecular formula is C29H38N6O3. The van der Waals surface area contributed by atoms with Crippen molar-refractivity contribution in [2.75, 3.05) is 31.1 Å². The summed E-state index contributed by atoms with van der Waals surface area (Å²) in [5.41, 5.74) is 1.41. The van der Waals surface area contributed by atoms with Gasteiger partial charge in [-0.3, -0.25) is 9.69 Å². The molecule has 2 aliphatic heterocycles. The number of hydrogen-bond donors (Lipinski definition) is 4. The molecule has 202 valence electrons. The van der Waals surface area contributed by atoms with Gasteiger partial charge in [0.25, 0.3) is 5.91 Å². The third-order valence-corrected chi connectivity index (χ3v) is 8.98. The van der Waals surface area contributed by atoms with E-state index in [0.29, 0.717) is 30.3 Å².